The molecule has 2 rings (SSSR count). The van der Waals surface area contributed by atoms with Crippen molar-refractivity contribution in [2.75, 3.05) is 13.7 Å². The monoisotopic (exact) mass is 410 g/mol. The second-order valence-electron chi connectivity index (χ2n) is 7.60. The number of rotatable bonds is 11. The zero-order valence-corrected chi connectivity index (χ0v) is 18.6. The van der Waals surface area contributed by atoms with Crippen LogP contribution in [0.5, 0.6) is 5.75 Å². The Kier molecular flexibility index (Phi) is 9.39. The number of nitrogens with one attached hydrogen (secondary N) is 1. The summed E-state index contributed by atoms with van der Waals surface area (Å²) in [5, 5.41) is 2.99. The van der Waals surface area contributed by atoms with Gasteiger partial charge in [-0.05, 0) is 43.0 Å². The Morgan fingerprint density at radius 3 is 2.20 bits per heavy atom. The lowest BCUT2D eigenvalue weighted by Crippen LogP contribution is -2.49. The Morgan fingerprint density at radius 2 is 1.63 bits per heavy atom. The minimum atomic E-state index is -0.498. The highest BCUT2D eigenvalue weighted by molar-refractivity contribution is 5.88. The van der Waals surface area contributed by atoms with Gasteiger partial charge < -0.3 is 15.0 Å². The summed E-state index contributed by atoms with van der Waals surface area (Å²) < 4.78 is 5.23. The molecule has 2 aromatic rings. The lowest BCUT2D eigenvalue weighted by atomic mass is 10.1. The molecule has 0 aliphatic carbocycles. The van der Waals surface area contributed by atoms with Crippen LogP contribution in [0.4, 0.5) is 0 Å². The van der Waals surface area contributed by atoms with Gasteiger partial charge in [0.1, 0.15) is 11.8 Å². The Bertz CT molecular complexity index is 800. The lowest BCUT2D eigenvalue weighted by Gasteiger charge is -2.31. The molecule has 2 amide bonds. The summed E-state index contributed by atoms with van der Waals surface area (Å²) in [7, 11) is 1.63. The number of aryl methyl sites for hydroxylation is 1. The fourth-order valence-corrected chi connectivity index (χ4v) is 3.34. The van der Waals surface area contributed by atoms with Gasteiger partial charge in [-0.1, -0.05) is 62.2 Å². The summed E-state index contributed by atoms with van der Waals surface area (Å²) in [6.45, 7) is 7.08. The highest BCUT2D eigenvalue weighted by atomic mass is 16.5. The van der Waals surface area contributed by atoms with Crippen molar-refractivity contribution in [3.05, 3.63) is 65.2 Å². The van der Waals surface area contributed by atoms with Crippen LogP contribution >= 0.6 is 0 Å². The second-order valence-corrected chi connectivity index (χ2v) is 7.60. The topological polar surface area (TPSA) is 58.6 Å². The van der Waals surface area contributed by atoms with Crippen LogP contribution < -0.4 is 10.1 Å². The van der Waals surface area contributed by atoms with E-state index in [4.69, 9.17) is 4.74 Å². The van der Waals surface area contributed by atoms with E-state index in [2.05, 4.69) is 12.2 Å². The molecule has 0 fully saturated rings. The van der Waals surface area contributed by atoms with Crippen molar-refractivity contribution in [1.82, 2.24) is 10.2 Å². The van der Waals surface area contributed by atoms with Gasteiger partial charge in [-0.15, -0.1) is 0 Å². The van der Waals surface area contributed by atoms with Gasteiger partial charge in [0.2, 0.25) is 11.8 Å². The molecule has 0 bridgehead atoms. The molecule has 0 saturated heterocycles. The number of hydrogen-bond donors (Lipinski definition) is 1. The van der Waals surface area contributed by atoms with Crippen molar-refractivity contribution in [2.24, 2.45) is 0 Å². The zero-order valence-electron chi connectivity index (χ0n) is 18.6. The van der Waals surface area contributed by atoms with Crippen molar-refractivity contribution in [2.45, 2.75) is 59.0 Å². The number of carbonyl (C=O) groups is 2. The average molecular weight is 411 g/mol. The second kappa shape index (κ2) is 12.0. The number of amides is 2. The van der Waals surface area contributed by atoms with Crippen LogP contribution in [0.25, 0.3) is 0 Å². The highest BCUT2D eigenvalue weighted by Crippen LogP contribution is 2.17. The molecule has 1 unspecified atom stereocenters. The van der Waals surface area contributed by atoms with E-state index in [0.29, 0.717) is 19.5 Å². The lowest BCUT2D eigenvalue weighted by molar-refractivity contribution is -0.140. The van der Waals surface area contributed by atoms with Gasteiger partial charge in [-0.3, -0.25) is 9.59 Å². The molecule has 0 aliphatic heterocycles. The predicted molar refractivity (Wildman–Crippen MR) is 120 cm³/mol. The fraction of sp³-hybridized carbons (Fsp3) is 0.440. The number of ether oxygens (including phenoxy) is 1. The van der Waals surface area contributed by atoms with Crippen LogP contribution in [-0.4, -0.2) is 36.4 Å². The van der Waals surface area contributed by atoms with E-state index in [1.54, 1.807) is 12.0 Å². The molecule has 1 atom stereocenters. The first-order chi connectivity index (χ1) is 14.5. The number of unbranched alkanes of at least 4 members (excludes halogenated alkanes) is 1. The van der Waals surface area contributed by atoms with E-state index in [0.717, 1.165) is 35.3 Å². The van der Waals surface area contributed by atoms with Crippen LogP contribution in [0.3, 0.4) is 0 Å². The number of methoxy groups -OCH3 is 1. The maximum Gasteiger partial charge on any atom is 0.242 e. The van der Waals surface area contributed by atoms with Crippen molar-refractivity contribution in [3.63, 3.8) is 0 Å². The quantitative estimate of drug-likeness (QED) is 0.563. The molecule has 0 spiro atoms. The summed E-state index contributed by atoms with van der Waals surface area (Å²) in [5.41, 5.74) is 3.07. The molecule has 0 radical (unpaired) electrons. The van der Waals surface area contributed by atoms with Crippen LogP contribution in [0.15, 0.2) is 48.5 Å². The average Bonchev–Trinajstić information content (AvgIpc) is 2.75. The maximum atomic E-state index is 13.3. The van der Waals surface area contributed by atoms with Gasteiger partial charge in [-0.2, -0.15) is 0 Å². The smallest absolute Gasteiger partial charge is 0.242 e. The number of nitrogens with zero attached hydrogens (tertiary/aromatic N) is 1. The Morgan fingerprint density at radius 1 is 1.00 bits per heavy atom. The third-order valence-corrected chi connectivity index (χ3v) is 5.20. The molecule has 162 valence electrons. The van der Waals surface area contributed by atoms with Gasteiger partial charge in [0.15, 0.2) is 0 Å². The van der Waals surface area contributed by atoms with E-state index in [-0.39, 0.29) is 18.2 Å². The first-order valence-electron chi connectivity index (χ1n) is 10.7. The zero-order chi connectivity index (χ0) is 21.9. The van der Waals surface area contributed by atoms with Crippen LogP contribution in [0, 0.1) is 6.92 Å². The van der Waals surface area contributed by atoms with Crippen molar-refractivity contribution in [3.8, 4) is 5.75 Å². The van der Waals surface area contributed by atoms with Gasteiger partial charge in [0, 0.05) is 13.1 Å². The molecule has 0 heterocycles. The maximum absolute atomic E-state index is 13.3. The predicted octanol–water partition coefficient (Wildman–Crippen LogP) is 4.27. The SMILES string of the molecule is CCCCNC(=O)C(CC)N(Cc1ccc(OC)cc1)C(=O)Cc1ccc(C)cc1. The normalized spacial score (nSPS) is 11.6. The fourth-order valence-electron chi connectivity index (χ4n) is 3.34. The van der Waals surface area contributed by atoms with Crippen molar-refractivity contribution < 1.29 is 14.3 Å². The first kappa shape index (κ1) is 23.5. The largest absolute Gasteiger partial charge is 0.497 e. The summed E-state index contributed by atoms with van der Waals surface area (Å²) in [6, 6.07) is 15.1. The van der Waals surface area contributed by atoms with E-state index in [1.807, 2.05) is 62.4 Å². The van der Waals surface area contributed by atoms with Gasteiger partial charge >= 0.3 is 0 Å². The molecule has 30 heavy (non-hydrogen) atoms. The minimum Gasteiger partial charge on any atom is -0.497 e. The van der Waals surface area contributed by atoms with Gasteiger partial charge in [0.25, 0.3) is 0 Å². The standard InChI is InChI=1S/C25H34N2O3/c1-5-7-16-26-25(29)23(6-2)27(18-21-12-14-22(30-4)15-13-21)24(28)17-20-10-8-19(3)9-11-20/h8-15,23H,5-7,16-18H2,1-4H3,(H,26,29). The first-order valence-corrected chi connectivity index (χ1v) is 10.7. The van der Waals surface area contributed by atoms with E-state index in [1.165, 1.54) is 0 Å². The molecule has 5 nitrogen and oxygen atoms in total. The summed E-state index contributed by atoms with van der Waals surface area (Å²) in [4.78, 5) is 27.9. The summed E-state index contributed by atoms with van der Waals surface area (Å²) >= 11 is 0. The number of carbonyl (C=O) groups excluding carboxylic acids is 2. The third-order valence-electron chi connectivity index (χ3n) is 5.20. The molecule has 1 N–H and O–H groups in total. The van der Waals surface area contributed by atoms with E-state index >= 15 is 0 Å². The molecular weight excluding hydrogens is 376 g/mol. The van der Waals surface area contributed by atoms with E-state index < -0.39 is 6.04 Å². The van der Waals surface area contributed by atoms with Crippen molar-refractivity contribution in [1.29, 1.82) is 0 Å². The van der Waals surface area contributed by atoms with Crippen LogP contribution in [-0.2, 0) is 22.6 Å². The van der Waals surface area contributed by atoms with Crippen molar-refractivity contribution >= 4 is 11.8 Å². The summed E-state index contributed by atoms with van der Waals surface area (Å²) in [5.74, 6) is 0.629. The Hall–Kier alpha value is -2.82. The van der Waals surface area contributed by atoms with E-state index in [9.17, 15) is 9.59 Å². The Labute approximate surface area is 180 Å². The molecule has 0 aromatic heterocycles. The number of hydrogen-bond acceptors (Lipinski definition) is 3. The van der Waals surface area contributed by atoms with Gasteiger partial charge in [0.05, 0.1) is 13.5 Å². The van der Waals surface area contributed by atoms with Gasteiger partial charge in [-0.25, -0.2) is 0 Å². The molecule has 0 saturated carbocycles. The molecule has 5 heteroatoms. The third kappa shape index (κ3) is 6.90. The minimum absolute atomic E-state index is 0.0489. The van der Waals surface area contributed by atoms with Crippen LogP contribution in [0.2, 0.25) is 0 Å². The number of benzene rings is 2. The van der Waals surface area contributed by atoms with Crippen LogP contribution in [0.1, 0.15) is 49.8 Å². The molecular formula is C25H34N2O3. The Balaban J connectivity index is 2.22. The molecule has 2 aromatic carbocycles. The highest BCUT2D eigenvalue weighted by Gasteiger charge is 2.28. The summed E-state index contributed by atoms with van der Waals surface area (Å²) in [6.07, 6.45) is 2.78. The molecule has 0 aliphatic rings.